The van der Waals surface area contributed by atoms with Crippen LogP contribution in [0.2, 0.25) is 0 Å². The Kier molecular flexibility index (Phi) is 5.86. The third-order valence-electron chi connectivity index (χ3n) is 4.09. The smallest absolute Gasteiger partial charge is 0.0594 e. The van der Waals surface area contributed by atoms with Gasteiger partial charge in [0, 0.05) is 6.54 Å². The van der Waals surface area contributed by atoms with Crippen molar-refractivity contribution in [2.75, 3.05) is 19.7 Å². The minimum Gasteiger partial charge on any atom is -0.377 e. The summed E-state index contributed by atoms with van der Waals surface area (Å²) in [6, 6.07) is 2.20. The molecular weight excluding hydrogens is 254 g/mol. The van der Waals surface area contributed by atoms with Crippen LogP contribution in [-0.4, -0.2) is 25.8 Å². The van der Waals surface area contributed by atoms with E-state index >= 15 is 0 Å². The molecule has 1 aliphatic rings. The van der Waals surface area contributed by atoms with E-state index in [-0.39, 0.29) is 0 Å². The monoisotopic (exact) mass is 281 g/mol. The van der Waals surface area contributed by atoms with Gasteiger partial charge in [0.2, 0.25) is 0 Å². The third kappa shape index (κ3) is 5.64. The van der Waals surface area contributed by atoms with E-state index in [0.29, 0.717) is 11.5 Å². The molecule has 1 N–H and O–H groups in total. The molecule has 108 valence electrons. The Morgan fingerprint density at radius 1 is 1.32 bits per heavy atom. The Labute approximate surface area is 121 Å². The average molecular weight is 281 g/mol. The second kappa shape index (κ2) is 7.41. The second-order valence-electron chi connectivity index (χ2n) is 6.37. The molecule has 0 aliphatic heterocycles. The number of hydrogen-bond acceptors (Lipinski definition) is 3. The lowest BCUT2D eigenvalue weighted by atomic mass is 9.76. The van der Waals surface area contributed by atoms with E-state index in [1.165, 1.54) is 31.2 Å². The highest BCUT2D eigenvalue weighted by atomic mass is 32.1. The van der Waals surface area contributed by atoms with E-state index in [0.717, 1.165) is 26.1 Å². The van der Waals surface area contributed by atoms with Crippen LogP contribution in [0, 0.1) is 5.41 Å². The Morgan fingerprint density at radius 3 is 2.79 bits per heavy atom. The maximum Gasteiger partial charge on any atom is 0.0594 e. The van der Waals surface area contributed by atoms with Crippen LogP contribution in [0.25, 0.3) is 0 Å². The number of thiophene rings is 1. The molecule has 1 saturated carbocycles. The lowest BCUT2D eigenvalue weighted by Gasteiger charge is -2.34. The van der Waals surface area contributed by atoms with Gasteiger partial charge in [0.25, 0.3) is 0 Å². The fraction of sp³-hybridized carbons (Fsp3) is 0.750. The van der Waals surface area contributed by atoms with Crippen molar-refractivity contribution < 1.29 is 4.74 Å². The SMILES string of the molecule is CC1(C)CCC(OCCNCCc2ccsc2)CC1. The highest BCUT2D eigenvalue weighted by Crippen LogP contribution is 2.35. The molecule has 1 aliphatic carbocycles. The fourth-order valence-electron chi connectivity index (χ4n) is 2.63. The zero-order valence-electron chi connectivity index (χ0n) is 12.3. The lowest BCUT2D eigenvalue weighted by Crippen LogP contribution is -2.29. The molecular formula is C16H27NOS. The van der Waals surface area contributed by atoms with Crippen molar-refractivity contribution in [3.8, 4) is 0 Å². The standard InChI is InChI=1S/C16H27NOS/c1-16(2)7-3-15(4-8-16)18-11-10-17-9-5-14-6-12-19-13-14/h6,12-13,15,17H,3-5,7-11H2,1-2H3. The topological polar surface area (TPSA) is 21.3 Å². The first kappa shape index (κ1) is 15.0. The van der Waals surface area contributed by atoms with Crippen molar-refractivity contribution in [3.05, 3.63) is 22.4 Å². The van der Waals surface area contributed by atoms with Crippen molar-refractivity contribution in [1.29, 1.82) is 0 Å². The largest absolute Gasteiger partial charge is 0.377 e. The summed E-state index contributed by atoms with van der Waals surface area (Å²) in [5.41, 5.74) is 1.98. The highest BCUT2D eigenvalue weighted by molar-refractivity contribution is 7.07. The lowest BCUT2D eigenvalue weighted by molar-refractivity contribution is 0.00609. The van der Waals surface area contributed by atoms with Crippen LogP contribution >= 0.6 is 11.3 Å². The normalized spacial score (nSPS) is 19.7. The number of nitrogens with one attached hydrogen (secondary N) is 1. The first-order valence-corrected chi connectivity index (χ1v) is 8.43. The van der Waals surface area contributed by atoms with Crippen molar-refractivity contribution in [2.24, 2.45) is 5.41 Å². The second-order valence-corrected chi connectivity index (χ2v) is 7.15. The molecule has 1 fully saturated rings. The van der Waals surface area contributed by atoms with E-state index in [1.54, 1.807) is 11.3 Å². The van der Waals surface area contributed by atoms with Crippen LogP contribution in [-0.2, 0) is 11.2 Å². The van der Waals surface area contributed by atoms with Crippen LogP contribution < -0.4 is 5.32 Å². The molecule has 2 nitrogen and oxygen atoms in total. The third-order valence-corrected chi connectivity index (χ3v) is 4.82. The summed E-state index contributed by atoms with van der Waals surface area (Å²) in [5, 5.41) is 7.83. The van der Waals surface area contributed by atoms with Crippen molar-refractivity contribution in [2.45, 2.75) is 52.1 Å². The summed E-state index contributed by atoms with van der Waals surface area (Å²) >= 11 is 1.77. The molecule has 0 spiro atoms. The molecule has 0 unspecified atom stereocenters. The number of ether oxygens (including phenoxy) is 1. The summed E-state index contributed by atoms with van der Waals surface area (Å²) in [4.78, 5) is 0. The predicted octanol–water partition coefficient (Wildman–Crippen LogP) is 3.87. The molecule has 19 heavy (non-hydrogen) atoms. The zero-order valence-corrected chi connectivity index (χ0v) is 13.1. The van der Waals surface area contributed by atoms with Crippen molar-refractivity contribution >= 4 is 11.3 Å². The Morgan fingerprint density at radius 2 is 2.11 bits per heavy atom. The summed E-state index contributed by atoms with van der Waals surface area (Å²) in [6.07, 6.45) is 6.73. The molecule has 3 heteroatoms. The minimum absolute atomic E-state index is 0.506. The van der Waals surface area contributed by atoms with Crippen LogP contribution in [0.15, 0.2) is 16.8 Å². The molecule has 0 saturated heterocycles. The van der Waals surface area contributed by atoms with Gasteiger partial charge in [-0.25, -0.2) is 0 Å². The fourth-order valence-corrected chi connectivity index (χ4v) is 3.33. The summed E-state index contributed by atoms with van der Waals surface area (Å²) in [7, 11) is 0. The highest BCUT2D eigenvalue weighted by Gasteiger charge is 2.26. The van der Waals surface area contributed by atoms with Gasteiger partial charge in [0.1, 0.15) is 0 Å². The molecule has 2 rings (SSSR count). The minimum atomic E-state index is 0.506. The molecule has 0 atom stereocenters. The Balaban J connectivity index is 1.46. The van der Waals surface area contributed by atoms with Gasteiger partial charge in [-0.15, -0.1) is 0 Å². The summed E-state index contributed by atoms with van der Waals surface area (Å²) in [6.45, 7) is 7.63. The summed E-state index contributed by atoms with van der Waals surface area (Å²) < 4.78 is 5.95. The van der Waals surface area contributed by atoms with Gasteiger partial charge >= 0.3 is 0 Å². The van der Waals surface area contributed by atoms with E-state index in [1.807, 2.05) is 0 Å². The Bertz CT molecular complexity index is 338. The number of hydrogen-bond donors (Lipinski definition) is 1. The van der Waals surface area contributed by atoms with E-state index in [2.05, 4.69) is 36.0 Å². The molecule has 1 aromatic heterocycles. The molecule has 1 heterocycles. The quantitative estimate of drug-likeness (QED) is 0.766. The van der Waals surface area contributed by atoms with Gasteiger partial charge < -0.3 is 10.1 Å². The van der Waals surface area contributed by atoms with Gasteiger partial charge in [-0.1, -0.05) is 13.8 Å². The van der Waals surface area contributed by atoms with Gasteiger partial charge in [0.15, 0.2) is 0 Å². The molecule has 0 bridgehead atoms. The van der Waals surface area contributed by atoms with E-state index < -0.39 is 0 Å². The van der Waals surface area contributed by atoms with Crippen molar-refractivity contribution in [1.82, 2.24) is 5.32 Å². The molecule has 1 aromatic rings. The average Bonchev–Trinajstić information content (AvgIpc) is 2.88. The first-order chi connectivity index (χ1) is 9.16. The molecule has 0 radical (unpaired) electrons. The zero-order chi connectivity index (χ0) is 13.6. The van der Waals surface area contributed by atoms with Gasteiger partial charge in [-0.05, 0) is 66.5 Å². The number of rotatable bonds is 7. The maximum absolute atomic E-state index is 5.95. The first-order valence-electron chi connectivity index (χ1n) is 7.49. The van der Waals surface area contributed by atoms with E-state index in [4.69, 9.17) is 4.74 Å². The Hall–Kier alpha value is -0.380. The molecule has 0 aromatic carbocycles. The van der Waals surface area contributed by atoms with E-state index in [9.17, 15) is 0 Å². The van der Waals surface area contributed by atoms with Crippen molar-refractivity contribution in [3.63, 3.8) is 0 Å². The van der Waals surface area contributed by atoms with Gasteiger partial charge in [-0.3, -0.25) is 0 Å². The van der Waals surface area contributed by atoms with Crippen LogP contribution in [0.5, 0.6) is 0 Å². The van der Waals surface area contributed by atoms with Crippen LogP contribution in [0.1, 0.15) is 45.1 Å². The van der Waals surface area contributed by atoms with Gasteiger partial charge in [0.05, 0.1) is 12.7 Å². The predicted molar refractivity (Wildman–Crippen MR) is 82.9 cm³/mol. The van der Waals surface area contributed by atoms with Crippen LogP contribution in [0.4, 0.5) is 0 Å². The van der Waals surface area contributed by atoms with Crippen LogP contribution in [0.3, 0.4) is 0 Å². The summed E-state index contributed by atoms with van der Waals surface area (Å²) in [5.74, 6) is 0. The van der Waals surface area contributed by atoms with Gasteiger partial charge in [-0.2, -0.15) is 11.3 Å². The molecule has 0 amide bonds. The maximum atomic E-state index is 5.95.